The van der Waals surface area contributed by atoms with Gasteiger partial charge >= 0.3 is 0 Å². The zero-order chi connectivity index (χ0) is 15.1. The molecule has 2 aromatic carbocycles. The summed E-state index contributed by atoms with van der Waals surface area (Å²) in [7, 11) is 0. The Bertz CT molecular complexity index is 570. The number of halogens is 2. The summed E-state index contributed by atoms with van der Waals surface area (Å²) < 4.78 is 0. The van der Waals surface area contributed by atoms with E-state index in [2.05, 4.69) is 36.5 Å². The Morgan fingerprint density at radius 2 is 1.81 bits per heavy atom. The average Bonchev–Trinajstić information content (AvgIpc) is 2.49. The van der Waals surface area contributed by atoms with Crippen molar-refractivity contribution in [1.82, 2.24) is 5.32 Å². The van der Waals surface area contributed by atoms with Crippen LogP contribution in [-0.2, 0) is 12.3 Å². The quantitative estimate of drug-likeness (QED) is 0.506. The van der Waals surface area contributed by atoms with Gasteiger partial charge < -0.3 is 5.32 Å². The molecule has 0 unspecified atom stereocenters. The van der Waals surface area contributed by atoms with Crippen LogP contribution in [0.2, 0.25) is 10.0 Å². The first-order valence-corrected chi connectivity index (χ1v) is 8.79. The first kappa shape index (κ1) is 16.7. The predicted octanol–water partition coefficient (Wildman–Crippen LogP) is 5.79. The van der Waals surface area contributed by atoms with Gasteiger partial charge in [-0.2, -0.15) is 0 Å². The predicted molar refractivity (Wildman–Crippen MR) is 94.5 cm³/mol. The average molecular weight is 340 g/mol. The van der Waals surface area contributed by atoms with Gasteiger partial charge in [0.25, 0.3) is 0 Å². The number of thioether (sulfide) groups is 1. The molecule has 0 saturated heterocycles. The van der Waals surface area contributed by atoms with E-state index in [1.807, 2.05) is 18.2 Å². The Hall–Kier alpha value is -0.670. The van der Waals surface area contributed by atoms with Gasteiger partial charge in [0.05, 0.1) is 0 Å². The highest BCUT2D eigenvalue weighted by Crippen LogP contribution is 2.28. The summed E-state index contributed by atoms with van der Waals surface area (Å²) in [5.74, 6) is 0.918. The van der Waals surface area contributed by atoms with Crippen molar-refractivity contribution in [3.05, 3.63) is 63.6 Å². The van der Waals surface area contributed by atoms with Gasteiger partial charge in [-0.15, -0.1) is 11.8 Å². The third kappa shape index (κ3) is 5.55. The highest BCUT2D eigenvalue weighted by atomic mass is 35.5. The van der Waals surface area contributed by atoms with Crippen LogP contribution >= 0.6 is 35.0 Å². The minimum atomic E-state index is 0.774. The number of rotatable bonds is 7. The van der Waals surface area contributed by atoms with Crippen LogP contribution in [0.1, 0.15) is 24.5 Å². The maximum Gasteiger partial charge on any atom is 0.0462 e. The highest BCUT2D eigenvalue weighted by Gasteiger charge is 2.03. The monoisotopic (exact) mass is 339 g/mol. The largest absolute Gasteiger partial charge is 0.313 e. The van der Waals surface area contributed by atoms with E-state index in [1.54, 1.807) is 11.8 Å². The molecule has 2 rings (SSSR count). The maximum absolute atomic E-state index is 6.34. The summed E-state index contributed by atoms with van der Waals surface area (Å²) in [5, 5.41) is 4.98. The molecule has 0 aliphatic heterocycles. The fraction of sp³-hybridized carbons (Fsp3) is 0.294. The molecule has 2 aromatic rings. The van der Waals surface area contributed by atoms with Crippen LogP contribution in [0.25, 0.3) is 0 Å². The minimum absolute atomic E-state index is 0.774. The van der Waals surface area contributed by atoms with Crippen LogP contribution in [-0.4, -0.2) is 6.54 Å². The van der Waals surface area contributed by atoms with Gasteiger partial charge in [0, 0.05) is 27.2 Å². The molecule has 1 N–H and O–H groups in total. The van der Waals surface area contributed by atoms with Crippen molar-refractivity contribution in [2.24, 2.45) is 0 Å². The molecule has 21 heavy (non-hydrogen) atoms. The van der Waals surface area contributed by atoms with Gasteiger partial charge in [-0.05, 0) is 48.4 Å². The Morgan fingerprint density at radius 3 is 2.48 bits per heavy atom. The smallest absolute Gasteiger partial charge is 0.0462 e. The van der Waals surface area contributed by atoms with Crippen LogP contribution in [0.3, 0.4) is 0 Å². The molecule has 0 aliphatic rings. The number of benzene rings is 2. The van der Waals surface area contributed by atoms with Gasteiger partial charge in [-0.3, -0.25) is 0 Å². The van der Waals surface area contributed by atoms with Crippen molar-refractivity contribution in [1.29, 1.82) is 0 Å². The third-order valence-electron chi connectivity index (χ3n) is 3.09. The van der Waals surface area contributed by atoms with Gasteiger partial charge in [-0.1, -0.05) is 48.3 Å². The topological polar surface area (TPSA) is 12.0 Å². The van der Waals surface area contributed by atoms with Crippen LogP contribution in [0, 0.1) is 0 Å². The van der Waals surface area contributed by atoms with E-state index < -0.39 is 0 Å². The lowest BCUT2D eigenvalue weighted by Crippen LogP contribution is -2.13. The van der Waals surface area contributed by atoms with Crippen molar-refractivity contribution in [2.75, 3.05) is 6.54 Å². The second-order valence-corrected chi connectivity index (χ2v) is 6.74. The van der Waals surface area contributed by atoms with E-state index in [0.717, 1.165) is 40.9 Å². The van der Waals surface area contributed by atoms with E-state index in [-0.39, 0.29) is 0 Å². The second kappa shape index (κ2) is 8.70. The molecule has 0 saturated carbocycles. The summed E-state index contributed by atoms with van der Waals surface area (Å²) in [6.45, 7) is 4.00. The molecule has 0 heterocycles. The molecular formula is C17H19Cl2NS. The van der Waals surface area contributed by atoms with E-state index in [9.17, 15) is 0 Å². The SMILES string of the molecule is CCCNCc1ccc(SCc2ccc(Cl)cc2)cc1Cl. The first-order valence-electron chi connectivity index (χ1n) is 7.05. The van der Waals surface area contributed by atoms with E-state index in [0.29, 0.717) is 0 Å². The molecule has 0 amide bonds. The minimum Gasteiger partial charge on any atom is -0.313 e. The van der Waals surface area contributed by atoms with Crippen molar-refractivity contribution in [2.45, 2.75) is 30.5 Å². The molecular weight excluding hydrogens is 321 g/mol. The number of nitrogens with one attached hydrogen (secondary N) is 1. The molecule has 0 aromatic heterocycles. The summed E-state index contributed by atoms with van der Waals surface area (Å²) in [6, 6.07) is 14.2. The second-order valence-electron chi connectivity index (χ2n) is 4.85. The molecule has 0 atom stereocenters. The summed E-state index contributed by atoms with van der Waals surface area (Å²) in [6.07, 6.45) is 1.13. The van der Waals surface area contributed by atoms with Crippen molar-refractivity contribution >= 4 is 35.0 Å². The fourth-order valence-corrected chi connectivity index (χ4v) is 3.24. The maximum atomic E-state index is 6.34. The third-order valence-corrected chi connectivity index (χ3v) is 4.75. The normalized spacial score (nSPS) is 10.8. The van der Waals surface area contributed by atoms with Crippen LogP contribution < -0.4 is 5.32 Å². The molecule has 0 aliphatic carbocycles. The zero-order valence-corrected chi connectivity index (χ0v) is 14.4. The molecule has 0 spiro atoms. The lowest BCUT2D eigenvalue weighted by atomic mass is 10.2. The molecule has 0 fully saturated rings. The van der Waals surface area contributed by atoms with Crippen LogP contribution in [0.4, 0.5) is 0 Å². The van der Waals surface area contributed by atoms with E-state index >= 15 is 0 Å². The highest BCUT2D eigenvalue weighted by molar-refractivity contribution is 7.98. The number of hydrogen-bond donors (Lipinski definition) is 1. The van der Waals surface area contributed by atoms with Gasteiger partial charge in [-0.25, -0.2) is 0 Å². The van der Waals surface area contributed by atoms with Crippen LogP contribution in [0.15, 0.2) is 47.4 Å². The standard InChI is InChI=1S/C17H19Cl2NS/c1-2-9-20-11-14-5-8-16(10-17(14)19)21-12-13-3-6-15(18)7-4-13/h3-8,10,20H,2,9,11-12H2,1H3. The molecule has 4 heteroatoms. The van der Waals surface area contributed by atoms with E-state index in [4.69, 9.17) is 23.2 Å². The summed E-state index contributed by atoms with van der Waals surface area (Å²) >= 11 is 14.0. The van der Waals surface area contributed by atoms with Crippen LogP contribution in [0.5, 0.6) is 0 Å². The van der Waals surface area contributed by atoms with E-state index in [1.165, 1.54) is 10.5 Å². The molecule has 0 radical (unpaired) electrons. The van der Waals surface area contributed by atoms with Crippen molar-refractivity contribution < 1.29 is 0 Å². The van der Waals surface area contributed by atoms with Crippen molar-refractivity contribution in [3.63, 3.8) is 0 Å². The molecule has 112 valence electrons. The van der Waals surface area contributed by atoms with Gasteiger partial charge in [0.2, 0.25) is 0 Å². The Labute approximate surface area is 141 Å². The lowest BCUT2D eigenvalue weighted by Gasteiger charge is -2.08. The number of hydrogen-bond acceptors (Lipinski definition) is 2. The van der Waals surface area contributed by atoms with Crippen molar-refractivity contribution in [3.8, 4) is 0 Å². The summed E-state index contributed by atoms with van der Waals surface area (Å²) in [4.78, 5) is 1.19. The fourth-order valence-electron chi connectivity index (χ4n) is 1.91. The Morgan fingerprint density at radius 1 is 1.05 bits per heavy atom. The lowest BCUT2D eigenvalue weighted by molar-refractivity contribution is 0.675. The van der Waals surface area contributed by atoms with Gasteiger partial charge in [0.1, 0.15) is 0 Å². The Balaban J connectivity index is 1.92. The first-order chi connectivity index (χ1) is 10.2. The van der Waals surface area contributed by atoms with Gasteiger partial charge in [0.15, 0.2) is 0 Å². The molecule has 1 nitrogen and oxygen atoms in total. The molecule has 0 bridgehead atoms. The zero-order valence-electron chi connectivity index (χ0n) is 12.0. The summed E-state index contributed by atoms with van der Waals surface area (Å²) in [5.41, 5.74) is 2.41. The Kier molecular flexibility index (Phi) is 6.91.